The Morgan fingerprint density at radius 2 is 2.23 bits per heavy atom. The van der Waals surface area contributed by atoms with Crippen molar-refractivity contribution >= 4 is 5.91 Å². The van der Waals surface area contributed by atoms with Crippen molar-refractivity contribution in [2.45, 2.75) is 13.5 Å². The van der Waals surface area contributed by atoms with Gasteiger partial charge in [0.1, 0.15) is 6.54 Å². The van der Waals surface area contributed by atoms with E-state index in [-0.39, 0.29) is 18.0 Å². The number of nitrogens with one attached hydrogen (secondary N) is 1. The molecule has 0 saturated heterocycles. The first-order chi connectivity index (χ1) is 6.13. The van der Waals surface area contributed by atoms with Gasteiger partial charge < -0.3 is 9.88 Å². The van der Waals surface area contributed by atoms with Gasteiger partial charge in [-0.2, -0.15) is 0 Å². The van der Waals surface area contributed by atoms with Crippen LogP contribution in [0.1, 0.15) is 5.56 Å². The van der Waals surface area contributed by atoms with Crippen molar-refractivity contribution in [1.29, 1.82) is 0 Å². The predicted octanol–water partition coefficient (Wildman–Crippen LogP) is -0.0973. The van der Waals surface area contributed by atoms with Crippen molar-refractivity contribution in [3.05, 3.63) is 34.2 Å². The first-order valence-electron chi connectivity index (χ1n) is 4.01. The molecule has 0 aliphatic carbocycles. The molecular weight excluding hydrogens is 168 g/mol. The number of hydrogen-bond donors (Lipinski definition) is 1. The van der Waals surface area contributed by atoms with Gasteiger partial charge in [-0.1, -0.05) is 6.07 Å². The summed E-state index contributed by atoms with van der Waals surface area (Å²) in [6, 6.07) is 3.18. The number of likely N-dealkylation sites (N-methyl/N-ethyl adjacent to an activating group) is 1. The topological polar surface area (TPSA) is 51.1 Å². The molecule has 0 aliphatic rings. The molecular formula is C9H12N2O2. The SMILES string of the molecule is CNC(=O)Cn1cc(C)ccc1=O. The number of carbonyl (C=O) groups excluding carboxylic acids is 1. The van der Waals surface area contributed by atoms with Gasteiger partial charge in [0.15, 0.2) is 0 Å². The molecule has 0 aromatic carbocycles. The van der Waals surface area contributed by atoms with Crippen LogP contribution in [0.4, 0.5) is 0 Å². The quantitative estimate of drug-likeness (QED) is 0.691. The largest absolute Gasteiger partial charge is 0.358 e. The van der Waals surface area contributed by atoms with Crippen molar-refractivity contribution in [2.75, 3.05) is 7.05 Å². The average molecular weight is 180 g/mol. The number of amides is 1. The number of carbonyl (C=O) groups is 1. The fraction of sp³-hybridized carbons (Fsp3) is 0.333. The molecule has 1 N–H and O–H groups in total. The molecule has 4 nitrogen and oxygen atoms in total. The van der Waals surface area contributed by atoms with Gasteiger partial charge in [-0.15, -0.1) is 0 Å². The van der Waals surface area contributed by atoms with Crippen LogP contribution in [0, 0.1) is 6.92 Å². The van der Waals surface area contributed by atoms with Gasteiger partial charge in [-0.05, 0) is 12.5 Å². The van der Waals surface area contributed by atoms with E-state index in [1.54, 1.807) is 19.3 Å². The maximum atomic E-state index is 11.2. The summed E-state index contributed by atoms with van der Waals surface area (Å²) in [6.07, 6.45) is 1.66. The third-order valence-corrected chi connectivity index (χ3v) is 1.72. The second-order valence-corrected chi connectivity index (χ2v) is 2.85. The van der Waals surface area contributed by atoms with Gasteiger partial charge in [0.2, 0.25) is 5.91 Å². The number of aryl methyl sites for hydroxylation is 1. The monoisotopic (exact) mass is 180 g/mol. The van der Waals surface area contributed by atoms with E-state index in [0.29, 0.717) is 0 Å². The molecule has 0 bridgehead atoms. The zero-order valence-electron chi connectivity index (χ0n) is 7.70. The third-order valence-electron chi connectivity index (χ3n) is 1.72. The van der Waals surface area contributed by atoms with Gasteiger partial charge in [-0.3, -0.25) is 9.59 Å². The highest BCUT2D eigenvalue weighted by molar-refractivity contribution is 5.75. The molecule has 0 unspecified atom stereocenters. The molecule has 0 aliphatic heterocycles. The van der Waals surface area contributed by atoms with Crippen LogP contribution in [0.2, 0.25) is 0 Å². The fourth-order valence-corrected chi connectivity index (χ4v) is 1.01. The Morgan fingerprint density at radius 3 is 2.85 bits per heavy atom. The molecule has 13 heavy (non-hydrogen) atoms. The molecule has 0 spiro atoms. The summed E-state index contributed by atoms with van der Waals surface area (Å²) in [7, 11) is 1.54. The first-order valence-corrected chi connectivity index (χ1v) is 4.01. The Morgan fingerprint density at radius 1 is 1.54 bits per heavy atom. The maximum Gasteiger partial charge on any atom is 0.251 e. The molecule has 0 atom stereocenters. The van der Waals surface area contributed by atoms with E-state index in [2.05, 4.69) is 5.32 Å². The van der Waals surface area contributed by atoms with Gasteiger partial charge in [0, 0.05) is 19.3 Å². The summed E-state index contributed by atoms with van der Waals surface area (Å²) in [6.45, 7) is 1.96. The van der Waals surface area contributed by atoms with E-state index >= 15 is 0 Å². The Bertz CT molecular complexity index is 368. The number of nitrogens with zero attached hydrogens (tertiary/aromatic N) is 1. The van der Waals surface area contributed by atoms with Crippen LogP contribution in [0.25, 0.3) is 0 Å². The van der Waals surface area contributed by atoms with Crippen molar-refractivity contribution < 1.29 is 4.79 Å². The van der Waals surface area contributed by atoms with Crippen molar-refractivity contribution in [3.8, 4) is 0 Å². The fourth-order valence-electron chi connectivity index (χ4n) is 1.01. The normalized spacial score (nSPS) is 9.69. The molecule has 1 amide bonds. The van der Waals surface area contributed by atoms with E-state index in [4.69, 9.17) is 0 Å². The molecule has 0 saturated carbocycles. The van der Waals surface area contributed by atoms with Gasteiger partial charge >= 0.3 is 0 Å². The van der Waals surface area contributed by atoms with E-state index in [9.17, 15) is 9.59 Å². The lowest BCUT2D eigenvalue weighted by atomic mass is 10.3. The summed E-state index contributed by atoms with van der Waals surface area (Å²) in [5, 5.41) is 2.46. The third kappa shape index (κ3) is 2.43. The number of aromatic nitrogens is 1. The lowest BCUT2D eigenvalue weighted by Crippen LogP contribution is -2.29. The molecule has 1 rings (SSSR count). The van der Waals surface area contributed by atoms with Crippen molar-refractivity contribution in [1.82, 2.24) is 9.88 Å². The van der Waals surface area contributed by atoms with E-state index in [1.165, 1.54) is 10.6 Å². The van der Waals surface area contributed by atoms with E-state index < -0.39 is 0 Å². The molecule has 0 fully saturated rings. The van der Waals surface area contributed by atoms with Crippen LogP contribution < -0.4 is 10.9 Å². The first kappa shape index (κ1) is 9.51. The summed E-state index contributed by atoms with van der Waals surface area (Å²) >= 11 is 0. The predicted molar refractivity (Wildman–Crippen MR) is 49.5 cm³/mol. The van der Waals surface area contributed by atoms with Crippen LogP contribution in [0.3, 0.4) is 0 Å². The average Bonchev–Trinajstić information content (AvgIpc) is 2.11. The minimum absolute atomic E-state index is 0.0804. The molecule has 1 aromatic heterocycles. The lowest BCUT2D eigenvalue weighted by Gasteiger charge is -2.04. The number of pyridine rings is 1. The summed E-state index contributed by atoms with van der Waals surface area (Å²) < 4.78 is 1.38. The summed E-state index contributed by atoms with van der Waals surface area (Å²) in [5.74, 6) is -0.173. The van der Waals surface area contributed by atoms with Crippen LogP contribution in [0.5, 0.6) is 0 Å². The highest BCUT2D eigenvalue weighted by atomic mass is 16.2. The van der Waals surface area contributed by atoms with Crippen molar-refractivity contribution in [3.63, 3.8) is 0 Å². The van der Waals surface area contributed by atoms with Gasteiger partial charge in [-0.25, -0.2) is 0 Å². The van der Waals surface area contributed by atoms with Gasteiger partial charge in [0.25, 0.3) is 5.56 Å². The van der Waals surface area contributed by atoms with Crippen LogP contribution in [-0.4, -0.2) is 17.5 Å². The molecule has 0 radical (unpaired) electrons. The Kier molecular flexibility index (Phi) is 2.84. The molecule has 70 valence electrons. The van der Waals surface area contributed by atoms with Crippen molar-refractivity contribution in [2.24, 2.45) is 0 Å². The standard InChI is InChI=1S/C9H12N2O2/c1-7-3-4-9(13)11(5-7)6-8(12)10-2/h3-5H,6H2,1-2H3,(H,10,12). The minimum Gasteiger partial charge on any atom is -0.358 e. The molecule has 1 heterocycles. The highest BCUT2D eigenvalue weighted by Crippen LogP contribution is 1.91. The highest BCUT2D eigenvalue weighted by Gasteiger charge is 2.01. The van der Waals surface area contributed by atoms with E-state index in [1.807, 2.05) is 6.92 Å². The Hall–Kier alpha value is -1.58. The van der Waals surface area contributed by atoms with E-state index in [0.717, 1.165) is 5.56 Å². The number of hydrogen-bond acceptors (Lipinski definition) is 2. The second-order valence-electron chi connectivity index (χ2n) is 2.85. The molecule has 4 heteroatoms. The lowest BCUT2D eigenvalue weighted by molar-refractivity contribution is -0.121. The Labute approximate surface area is 76.2 Å². The summed E-state index contributed by atoms with van der Waals surface area (Å²) in [4.78, 5) is 22.2. The molecule has 1 aromatic rings. The van der Waals surface area contributed by atoms with Crippen LogP contribution >= 0.6 is 0 Å². The smallest absolute Gasteiger partial charge is 0.251 e. The van der Waals surface area contributed by atoms with Crippen LogP contribution in [0.15, 0.2) is 23.1 Å². The maximum absolute atomic E-state index is 11.2. The summed E-state index contributed by atoms with van der Waals surface area (Å²) in [5.41, 5.74) is 0.803. The number of rotatable bonds is 2. The second kappa shape index (κ2) is 3.89. The minimum atomic E-state index is -0.173. The van der Waals surface area contributed by atoms with Gasteiger partial charge in [0.05, 0.1) is 0 Å². The van der Waals surface area contributed by atoms with Crippen LogP contribution in [-0.2, 0) is 11.3 Å². The zero-order chi connectivity index (χ0) is 9.84. The zero-order valence-corrected chi connectivity index (χ0v) is 7.70. The Balaban J connectivity index is 2.94.